The van der Waals surface area contributed by atoms with Crippen molar-refractivity contribution < 1.29 is 14.3 Å². The zero-order valence-corrected chi connectivity index (χ0v) is 20.9. The summed E-state index contributed by atoms with van der Waals surface area (Å²) in [6, 6.07) is 26.2. The number of nitrogens with zero attached hydrogens (tertiary/aromatic N) is 1. The van der Waals surface area contributed by atoms with Gasteiger partial charge in [0.1, 0.15) is 18.2 Å². The average molecular weight is 517 g/mol. The Labute approximate surface area is 219 Å². The number of hydrogen-bond acceptors (Lipinski definition) is 4. The number of ether oxygens (including phenoxy) is 2. The molecule has 36 heavy (non-hydrogen) atoms. The van der Waals surface area contributed by atoms with Crippen LogP contribution in [0, 0.1) is 11.3 Å². The average Bonchev–Trinajstić information content (AvgIpc) is 2.87. The molecule has 4 aromatic rings. The summed E-state index contributed by atoms with van der Waals surface area (Å²) in [5.74, 6) is 0.251. The molecule has 4 rings (SSSR count). The van der Waals surface area contributed by atoms with Crippen molar-refractivity contribution in [1.82, 2.24) is 0 Å². The van der Waals surface area contributed by atoms with Crippen LogP contribution in [0.5, 0.6) is 11.5 Å². The SMILES string of the molecule is CCOc1cc(/C=C(\C#N)C(=O)Nc2cccc(Cl)c2)cc(Cl)c1OCc1ccc2ccccc2c1. The normalized spacial score (nSPS) is 11.1. The number of anilines is 1. The van der Waals surface area contributed by atoms with Gasteiger partial charge in [-0.15, -0.1) is 0 Å². The molecule has 0 fully saturated rings. The zero-order valence-electron chi connectivity index (χ0n) is 19.4. The maximum Gasteiger partial charge on any atom is 0.266 e. The van der Waals surface area contributed by atoms with E-state index in [-0.39, 0.29) is 5.57 Å². The molecule has 180 valence electrons. The molecule has 0 radical (unpaired) electrons. The minimum Gasteiger partial charge on any atom is -0.490 e. The summed E-state index contributed by atoms with van der Waals surface area (Å²) < 4.78 is 11.8. The fourth-order valence-electron chi connectivity index (χ4n) is 3.64. The number of amides is 1. The molecule has 1 N–H and O–H groups in total. The topological polar surface area (TPSA) is 71.3 Å². The van der Waals surface area contributed by atoms with Crippen LogP contribution in [0.25, 0.3) is 16.8 Å². The first-order valence-electron chi connectivity index (χ1n) is 11.2. The Hall–Kier alpha value is -3.98. The molecular weight excluding hydrogens is 495 g/mol. The summed E-state index contributed by atoms with van der Waals surface area (Å²) in [5.41, 5.74) is 1.90. The molecule has 0 saturated heterocycles. The molecule has 0 unspecified atom stereocenters. The molecule has 0 saturated carbocycles. The van der Waals surface area contributed by atoms with E-state index in [1.54, 1.807) is 36.4 Å². The molecule has 0 aliphatic carbocycles. The van der Waals surface area contributed by atoms with E-state index in [1.165, 1.54) is 6.08 Å². The summed E-state index contributed by atoms with van der Waals surface area (Å²) in [7, 11) is 0. The lowest BCUT2D eigenvalue weighted by atomic mass is 10.1. The molecule has 4 aromatic carbocycles. The highest BCUT2D eigenvalue weighted by Gasteiger charge is 2.15. The molecule has 0 aromatic heterocycles. The van der Waals surface area contributed by atoms with Gasteiger partial charge in [0.25, 0.3) is 5.91 Å². The fourth-order valence-corrected chi connectivity index (χ4v) is 4.10. The summed E-state index contributed by atoms with van der Waals surface area (Å²) in [6.07, 6.45) is 1.45. The Morgan fingerprint density at radius 2 is 1.78 bits per heavy atom. The van der Waals surface area contributed by atoms with Crippen LogP contribution in [-0.2, 0) is 11.4 Å². The van der Waals surface area contributed by atoms with E-state index in [0.29, 0.717) is 46.0 Å². The van der Waals surface area contributed by atoms with Crippen molar-refractivity contribution in [2.75, 3.05) is 11.9 Å². The summed E-state index contributed by atoms with van der Waals surface area (Å²) >= 11 is 12.5. The van der Waals surface area contributed by atoms with Crippen LogP contribution in [0.4, 0.5) is 5.69 Å². The second-order valence-electron chi connectivity index (χ2n) is 7.87. The number of benzene rings is 4. The first-order chi connectivity index (χ1) is 17.5. The van der Waals surface area contributed by atoms with Crippen LogP contribution in [0.2, 0.25) is 10.0 Å². The van der Waals surface area contributed by atoms with Gasteiger partial charge in [-0.05, 0) is 71.3 Å². The third-order valence-corrected chi connectivity index (χ3v) is 5.80. The van der Waals surface area contributed by atoms with Gasteiger partial charge in [0.15, 0.2) is 11.5 Å². The first kappa shape index (κ1) is 25.1. The third kappa shape index (κ3) is 6.17. The van der Waals surface area contributed by atoms with Gasteiger partial charge in [0.05, 0.1) is 11.6 Å². The number of nitrogens with one attached hydrogen (secondary N) is 1. The van der Waals surface area contributed by atoms with Gasteiger partial charge in [-0.2, -0.15) is 5.26 Å². The summed E-state index contributed by atoms with van der Waals surface area (Å²) in [6.45, 7) is 2.53. The van der Waals surface area contributed by atoms with Crippen LogP contribution in [0.3, 0.4) is 0 Å². The van der Waals surface area contributed by atoms with E-state index in [4.69, 9.17) is 32.7 Å². The fraction of sp³-hybridized carbons (Fsp3) is 0.103. The summed E-state index contributed by atoms with van der Waals surface area (Å²) in [5, 5.41) is 15.3. The largest absolute Gasteiger partial charge is 0.490 e. The zero-order chi connectivity index (χ0) is 25.5. The predicted molar refractivity (Wildman–Crippen MR) is 145 cm³/mol. The molecule has 1 amide bonds. The molecule has 5 nitrogen and oxygen atoms in total. The second-order valence-corrected chi connectivity index (χ2v) is 8.71. The minimum atomic E-state index is -0.564. The predicted octanol–water partition coefficient (Wildman–Crippen LogP) is 7.67. The van der Waals surface area contributed by atoms with Crippen LogP contribution < -0.4 is 14.8 Å². The molecule has 7 heteroatoms. The van der Waals surface area contributed by atoms with Gasteiger partial charge in [0, 0.05) is 10.7 Å². The quantitative estimate of drug-likeness (QED) is 0.192. The summed E-state index contributed by atoms with van der Waals surface area (Å²) in [4.78, 5) is 12.6. The van der Waals surface area contributed by atoms with E-state index < -0.39 is 5.91 Å². The van der Waals surface area contributed by atoms with Crippen LogP contribution >= 0.6 is 23.2 Å². The molecule has 0 aliphatic rings. The molecule has 0 heterocycles. The smallest absolute Gasteiger partial charge is 0.266 e. The highest BCUT2D eigenvalue weighted by Crippen LogP contribution is 2.38. The highest BCUT2D eigenvalue weighted by atomic mass is 35.5. The number of nitriles is 1. The van der Waals surface area contributed by atoms with Crippen LogP contribution in [-0.4, -0.2) is 12.5 Å². The van der Waals surface area contributed by atoms with Gasteiger partial charge >= 0.3 is 0 Å². The maximum absolute atomic E-state index is 12.6. The molecule has 0 aliphatic heterocycles. The van der Waals surface area contributed by atoms with Gasteiger partial charge in [0.2, 0.25) is 0 Å². The molecule has 0 bridgehead atoms. The van der Waals surface area contributed by atoms with E-state index in [2.05, 4.69) is 17.4 Å². The van der Waals surface area contributed by atoms with Crippen molar-refractivity contribution in [3.63, 3.8) is 0 Å². The van der Waals surface area contributed by atoms with Gasteiger partial charge in [-0.1, -0.05) is 65.7 Å². The van der Waals surface area contributed by atoms with Gasteiger partial charge < -0.3 is 14.8 Å². The number of fused-ring (bicyclic) bond motifs is 1. The van der Waals surface area contributed by atoms with Gasteiger partial charge in [-0.25, -0.2) is 0 Å². The number of carbonyl (C=O) groups is 1. The van der Waals surface area contributed by atoms with Crippen molar-refractivity contribution in [2.45, 2.75) is 13.5 Å². The number of rotatable bonds is 8. The van der Waals surface area contributed by atoms with E-state index >= 15 is 0 Å². The second kappa shape index (κ2) is 11.6. The van der Waals surface area contributed by atoms with Gasteiger partial charge in [-0.3, -0.25) is 4.79 Å². The lowest BCUT2D eigenvalue weighted by Crippen LogP contribution is -2.13. The molecule has 0 spiro atoms. The monoisotopic (exact) mass is 516 g/mol. The van der Waals surface area contributed by atoms with Crippen molar-refractivity contribution >= 4 is 51.6 Å². The van der Waals surface area contributed by atoms with Crippen molar-refractivity contribution in [3.05, 3.63) is 106 Å². The van der Waals surface area contributed by atoms with Crippen molar-refractivity contribution in [2.24, 2.45) is 0 Å². The highest BCUT2D eigenvalue weighted by molar-refractivity contribution is 6.32. The Morgan fingerprint density at radius 1 is 0.972 bits per heavy atom. The van der Waals surface area contributed by atoms with E-state index in [1.807, 2.05) is 43.3 Å². The molecular formula is C29H22Cl2N2O3. The maximum atomic E-state index is 12.6. The lowest BCUT2D eigenvalue weighted by molar-refractivity contribution is -0.112. The Balaban J connectivity index is 1.56. The van der Waals surface area contributed by atoms with Crippen molar-refractivity contribution in [1.29, 1.82) is 5.26 Å². The lowest BCUT2D eigenvalue weighted by Gasteiger charge is -2.15. The number of hydrogen-bond donors (Lipinski definition) is 1. The van der Waals surface area contributed by atoms with E-state index in [9.17, 15) is 10.1 Å². The van der Waals surface area contributed by atoms with E-state index in [0.717, 1.165) is 16.3 Å². The Kier molecular flexibility index (Phi) is 8.12. The Bertz CT molecular complexity index is 1490. The standard InChI is InChI=1S/C29H22Cl2N2O3/c1-2-35-27-15-20(13-23(17-32)29(34)33-25-9-5-8-24(30)16-25)14-26(31)28(27)36-18-19-10-11-21-6-3-4-7-22(21)12-19/h3-16H,2,18H2,1H3,(H,33,34)/b23-13+. The number of carbonyl (C=O) groups excluding carboxylic acids is 1. The van der Waals surface area contributed by atoms with Crippen LogP contribution in [0.15, 0.2) is 84.4 Å². The molecule has 0 atom stereocenters. The van der Waals surface area contributed by atoms with Crippen molar-refractivity contribution in [3.8, 4) is 17.6 Å². The number of halogens is 2. The third-order valence-electron chi connectivity index (χ3n) is 5.29. The Morgan fingerprint density at radius 3 is 2.53 bits per heavy atom. The van der Waals surface area contributed by atoms with Crippen LogP contribution in [0.1, 0.15) is 18.1 Å². The first-order valence-corrected chi connectivity index (χ1v) is 12.0. The minimum absolute atomic E-state index is 0.0988.